The van der Waals surface area contributed by atoms with E-state index >= 15 is 0 Å². The number of fused-ring (bicyclic) bond motifs is 13. The maximum Gasteiger partial charge on any atom is 0.0641 e. The van der Waals surface area contributed by atoms with E-state index < -0.39 is 0 Å². The fourth-order valence-corrected chi connectivity index (χ4v) is 9.09. The van der Waals surface area contributed by atoms with Gasteiger partial charge in [0.25, 0.3) is 0 Å². The van der Waals surface area contributed by atoms with Crippen LogP contribution >= 0.6 is 0 Å². The van der Waals surface area contributed by atoms with Gasteiger partial charge in [0.15, 0.2) is 0 Å². The lowest BCUT2D eigenvalue weighted by Gasteiger charge is -2.12. The summed E-state index contributed by atoms with van der Waals surface area (Å²) in [4.78, 5) is 0. The predicted molar refractivity (Wildman–Crippen MR) is 212 cm³/mol. The number of hydrogen-bond acceptors (Lipinski definition) is 0. The molecule has 1 aliphatic carbocycles. The molecule has 0 amide bonds. The second-order valence-electron chi connectivity index (χ2n) is 13.7. The van der Waals surface area contributed by atoms with E-state index in [9.17, 15) is 0 Å². The van der Waals surface area contributed by atoms with Gasteiger partial charge in [-0.2, -0.15) is 0 Å². The largest absolute Gasteiger partial charge is 0.309 e. The van der Waals surface area contributed by atoms with Crippen LogP contribution in [0.1, 0.15) is 0 Å². The SMILES string of the molecule is c1ccc2cc(-n3c4ccc5c6ccccc6n(-c6ccc7c(c6)-c6cccc8cccc-7c68)c5c4c4ccc5ccccc5c43)ccc2c1. The molecule has 0 saturated carbocycles. The number of rotatable bonds is 2. The van der Waals surface area contributed by atoms with Crippen LogP contribution in [0.2, 0.25) is 0 Å². The van der Waals surface area contributed by atoms with Gasteiger partial charge in [0.1, 0.15) is 0 Å². The van der Waals surface area contributed by atoms with Gasteiger partial charge in [-0.25, -0.2) is 0 Å². The summed E-state index contributed by atoms with van der Waals surface area (Å²) >= 11 is 0. The summed E-state index contributed by atoms with van der Waals surface area (Å²) in [6.45, 7) is 0. The minimum Gasteiger partial charge on any atom is -0.309 e. The zero-order chi connectivity index (χ0) is 32.5. The van der Waals surface area contributed by atoms with E-state index in [1.807, 2.05) is 0 Å². The Hall–Kier alpha value is -6.64. The first-order chi connectivity index (χ1) is 24.8. The molecule has 9 aromatic carbocycles. The lowest BCUT2D eigenvalue weighted by Crippen LogP contribution is -1.96. The van der Waals surface area contributed by atoms with Crippen LogP contribution in [0.4, 0.5) is 0 Å². The molecule has 0 spiro atoms. The van der Waals surface area contributed by atoms with Crippen LogP contribution in [0.25, 0.3) is 110 Å². The van der Waals surface area contributed by atoms with E-state index in [2.05, 4.69) is 179 Å². The fraction of sp³-hybridized carbons (Fsp3) is 0. The third-order valence-electron chi connectivity index (χ3n) is 11.2. The Balaban J connectivity index is 1.25. The number of aromatic nitrogens is 2. The normalized spacial score (nSPS) is 12.4. The van der Waals surface area contributed by atoms with Crippen molar-refractivity contribution in [3.8, 4) is 33.6 Å². The molecular weight excluding hydrogens is 605 g/mol. The lowest BCUT2D eigenvalue weighted by molar-refractivity contribution is 1.18. The third-order valence-corrected chi connectivity index (χ3v) is 11.2. The maximum atomic E-state index is 2.52. The van der Waals surface area contributed by atoms with Crippen LogP contribution in [0, 0.1) is 0 Å². The predicted octanol–water partition coefficient (Wildman–Crippen LogP) is 13.0. The van der Waals surface area contributed by atoms with Gasteiger partial charge in [-0.1, -0.05) is 133 Å². The van der Waals surface area contributed by atoms with Gasteiger partial charge in [0, 0.05) is 38.3 Å². The fourth-order valence-electron chi connectivity index (χ4n) is 9.09. The van der Waals surface area contributed by atoms with Gasteiger partial charge in [-0.15, -0.1) is 0 Å². The van der Waals surface area contributed by atoms with E-state index in [1.54, 1.807) is 0 Å². The standard InChI is InChI=1S/C48H28N2/c1-2-11-32-27-33(21-19-29(32)9-1)50-44-26-25-40-37-15-5-6-18-43(37)49(48(40)46(44)41-23-20-30-10-3-4-14-35(30)47(41)50)34-22-24-36-38-16-7-12-31-13-8-17-39(45(31)38)42(36)28-34/h1-28H. The molecule has 2 heteroatoms. The molecule has 0 aliphatic heterocycles. The Morgan fingerprint density at radius 3 is 1.80 bits per heavy atom. The van der Waals surface area contributed by atoms with Gasteiger partial charge < -0.3 is 9.13 Å². The molecule has 0 saturated heterocycles. The summed E-state index contributed by atoms with van der Waals surface area (Å²) in [6, 6.07) is 63.1. The van der Waals surface area contributed by atoms with Crippen molar-refractivity contribution in [3.63, 3.8) is 0 Å². The van der Waals surface area contributed by atoms with E-state index in [0.29, 0.717) is 0 Å². The molecule has 0 fully saturated rings. The molecule has 0 atom stereocenters. The average Bonchev–Trinajstić information content (AvgIpc) is 3.81. The third kappa shape index (κ3) is 3.32. The van der Waals surface area contributed by atoms with Crippen molar-refractivity contribution in [1.29, 1.82) is 0 Å². The summed E-state index contributed by atoms with van der Waals surface area (Å²) in [6.07, 6.45) is 0. The summed E-state index contributed by atoms with van der Waals surface area (Å²) in [5.74, 6) is 0. The van der Waals surface area contributed by atoms with Crippen LogP contribution < -0.4 is 0 Å². The summed E-state index contributed by atoms with van der Waals surface area (Å²) < 4.78 is 5.02. The highest BCUT2D eigenvalue weighted by atomic mass is 15.0. The lowest BCUT2D eigenvalue weighted by atomic mass is 10.0. The van der Waals surface area contributed by atoms with Gasteiger partial charge in [0.05, 0.1) is 22.1 Å². The maximum absolute atomic E-state index is 2.52. The topological polar surface area (TPSA) is 9.86 Å². The molecule has 2 heterocycles. The molecule has 0 radical (unpaired) electrons. The zero-order valence-corrected chi connectivity index (χ0v) is 27.1. The molecule has 12 rings (SSSR count). The molecule has 1 aliphatic rings. The molecular formula is C48H28N2. The van der Waals surface area contributed by atoms with E-state index in [-0.39, 0.29) is 0 Å². The Morgan fingerprint density at radius 2 is 0.920 bits per heavy atom. The van der Waals surface area contributed by atoms with Gasteiger partial charge in [-0.3, -0.25) is 0 Å². The van der Waals surface area contributed by atoms with Crippen LogP contribution in [-0.2, 0) is 0 Å². The smallest absolute Gasteiger partial charge is 0.0641 e. The highest BCUT2D eigenvalue weighted by Crippen LogP contribution is 2.49. The van der Waals surface area contributed by atoms with E-state index in [0.717, 1.165) is 0 Å². The highest BCUT2D eigenvalue weighted by Gasteiger charge is 2.25. The number of nitrogens with zero attached hydrogens (tertiary/aromatic N) is 2. The van der Waals surface area contributed by atoms with Crippen molar-refractivity contribution in [3.05, 3.63) is 170 Å². The zero-order valence-electron chi connectivity index (χ0n) is 27.1. The van der Waals surface area contributed by atoms with E-state index in [1.165, 1.54) is 110 Å². The van der Waals surface area contributed by atoms with Crippen molar-refractivity contribution >= 4 is 75.9 Å². The molecule has 2 aromatic heterocycles. The van der Waals surface area contributed by atoms with Crippen molar-refractivity contribution in [2.45, 2.75) is 0 Å². The molecule has 2 nitrogen and oxygen atoms in total. The Kier molecular flexibility index (Phi) is 5.00. The Bertz CT molecular complexity index is 3260. The molecule has 11 aromatic rings. The van der Waals surface area contributed by atoms with Crippen LogP contribution in [-0.4, -0.2) is 9.13 Å². The number of para-hydroxylation sites is 1. The second kappa shape index (κ2) is 9.49. The minimum atomic E-state index is 1.17. The summed E-state index contributed by atoms with van der Waals surface area (Å²) in [5, 5.41) is 12.7. The van der Waals surface area contributed by atoms with Crippen LogP contribution in [0.3, 0.4) is 0 Å². The highest BCUT2D eigenvalue weighted by molar-refractivity contribution is 6.29. The first kappa shape index (κ1) is 26.3. The van der Waals surface area contributed by atoms with Crippen molar-refractivity contribution in [1.82, 2.24) is 9.13 Å². The molecule has 50 heavy (non-hydrogen) atoms. The number of hydrogen-bond donors (Lipinski definition) is 0. The molecule has 230 valence electrons. The van der Waals surface area contributed by atoms with Crippen molar-refractivity contribution < 1.29 is 0 Å². The summed E-state index contributed by atoms with van der Waals surface area (Å²) in [5.41, 5.74) is 12.5. The van der Waals surface area contributed by atoms with Crippen molar-refractivity contribution in [2.75, 3.05) is 0 Å². The summed E-state index contributed by atoms with van der Waals surface area (Å²) in [7, 11) is 0. The van der Waals surface area contributed by atoms with Gasteiger partial charge in [0.2, 0.25) is 0 Å². The first-order valence-electron chi connectivity index (χ1n) is 17.4. The molecule has 0 bridgehead atoms. The van der Waals surface area contributed by atoms with Gasteiger partial charge >= 0.3 is 0 Å². The van der Waals surface area contributed by atoms with Gasteiger partial charge in [-0.05, 0) is 85.6 Å². The monoisotopic (exact) mass is 632 g/mol. The van der Waals surface area contributed by atoms with E-state index in [4.69, 9.17) is 0 Å². The minimum absolute atomic E-state index is 1.17. The number of benzene rings is 9. The molecule has 0 N–H and O–H groups in total. The van der Waals surface area contributed by atoms with Crippen LogP contribution in [0.5, 0.6) is 0 Å². The first-order valence-corrected chi connectivity index (χ1v) is 17.4. The Morgan fingerprint density at radius 1 is 0.280 bits per heavy atom. The second-order valence-corrected chi connectivity index (χ2v) is 13.7. The quantitative estimate of drug-likeness (QED) is 0.179. The van der Waals surface area contributed by atoms with Crippen molar-refractivity contribution in [2.24, 2.45) is 0 Å². The Labute approximate surface area is 287 Å². The molecule has 0 unspecified atom stereocenters. The average molecular weight is 633 g/mol. The van der Waals surface area contributed by atoms with Crippen LogP contribution in [0.15, 0.2) is 170 Å².